The van der Waals surface area contributed by atoms with Crippen molar-refractivity contribution in [2.45, 2.75) is 46.1 Å². The molecule has 1 fully saturated rings. The fourth-order valence-electron chi connectivity index (χ4n) is 4.03. The zero-order chi connectivity index (χ0) is 21.5. The number of aryl methyl sites for hydroxylation is 1. The van der Waals surface area contributed by atoms with Gasteiger partial charge in [0, 0.05) is 18.8 Å². The van der Waals surface area contributed by atoms with Crippen LogP contribution in [-0.4, -0.2) is 29.9 Å². The summed E-state index contributed by atoms with van der Waals surface area (Å²) in [6.07, 6.45) is 2.53. The number of rotatable bonds is 6. The zero-order valence-corrected chi connectivity index (χ0v) is 18.2. The Morgan fingerprint density at radius 3 is 2.57 bits per heavy atom. The van der Waals surface area contributed by atoms with Crippen LogP contribution < -0.4 is 10.6 Å². The molecule has 0 saturated carbocycles. The SMILES string of the molecule is Cc1cccc(NC(=O)N2CCCC(C(=O)NC(CC(C)C)c3ccccc3)C2)c1. The number of urea groups is 1. The Labute approximate surface area is 179 Å². The van der Waals surface area contributed by atoms with E-state index in [0.717, 1.165) is 36.1 Å². The summed E-state index contributed by atoms with van der Waals surface area (Å²) in [5.41, 5.74) is 3.01. The van der Waals surface area contributed by atoms with Crippen molar-refractivity contribution in [2.75, 3.05) is 18.4 Å². The Bertz CT molecular complexity index is 850. The predicted octanol–water partition coefficient (Wildman–Crippen LogP) is 5.14. The highest BCUT2D eigenvalue weighted by Crippen LogP contribution is 2.24. The van der Waals surface area contributed by atoms with E-state index >= 15 is 0 Å². The van der Waals surface area contributed by atoms with Gasteiger partial charge in [0.1, 0.15) is 0 Å². The van der Waals surface area contributed by atoms with E-state index in [0.29, 0.717) is 19.0 Å². The van der Waals surface area contributed by atoms with E-state index in [1.807, 2.05) is 49.4 Å². The molecule has 1 saturated heterocycles. The number of nitrogens with zero attached hydrogens (tertiary/aromatic N) is 1. The molecule has 2 N–H and O–H groups in total. The Morgan fingerprint density at radius 2 is 1.87 bits per heavy atom. The van der Waals surface area contributed by atoms with Gasteiger partial charge in [-0.2, -0.15) is 0 Å². The first-order valence-electron chi connectivity index (χ1n) is 10.9. The molecule has 5 nitrogen and oxygen atoms in total. The standard InChI is InChI=1S/C25H33N3O2/c1-18(2)15-23(20-10-5-4-6-11-20)27-24(29)21-12-8-14-28(17-21)25(30)26-22-13-7-9-19(3)16-22/h4-7,9-11,13,16,18,21,23H,8,12,14-15,17H2,1-3H3,(H,26,30)(H,27,29). The van der Waals surface area contributed by atoms with Crippen molar-refractivity contribution in [3.63, 3.8) is 0 Å². The smallest absolute Gasteiger partial charge is 0.321 e. The fourth-order valence-corrected chi connectivity index (χ4v) is 4.03. The number of nitrogens with one attached hydrogen (secondary N) is 2. The Kier molecular flexibility index (Phi) is 7.50. The minimum absolute atomic E-state index is 0.00445. The second kappa shape index (κ2) is 10.3. The molecule has 0 spiro atoms. The van der Waals surface area contributed by atoms with E-state index < -0.39 is 0 Å². The van der Waals surface area contributed by atoms with E-state index in [9.17, 15) is 9.59 Å². The molecule has 1 aliphatic rings. The Morgan fingerprint density at radius 1 is 1.10 bits per heavy atom. The summed E-state index contributed by atoms with van der Waals surface area (Å²) in [6, 6.07) is 17.7. The van der Waals surface area contributed by atoms with Crippen LogP contribution in [0.2, 0.25) is 0 Å². The molecule has 2 aromatic carbocycles. The number of likely N-dealkylation sites (tertiary alicyclic amines) is 1. The van der Waals surface area contributed by atoms with Gasteiger partial charge >= 0.3 is 6.03 Å². The first kappa shape index (κ1) is 21.9. The molecule has 1 aliphatic heterocycles. The third-order valence-electron chi connectivity index (χ3n) is 5.57. The third kappa shape index (κ3) is 6.09. The molecule has 2 unspecified atom stereocenters. The van der Waals surface area contributed by atoms with Gasteiger partial charge in [-0.15, -0.1) is 0 Å². The minimum atomic E-state index is -0.180. The summed E-state index contributed by atoms with van der Waals surface area (Å²) in [5, 5.41) is 6.21. The lowest BCUT2D eigenvalue weighted by molar-refractivity contribution is -0.127. The van der Waals surface area contributed by atoms with Gasteiger partial charge in [-0.05, 0) is 55.4 Å². The maximum absolute atomic E-state index is 13.1. The molecular weight excluding hydrogens is 374 g/mol. The van der Waals surface area contributed by atoms with Gasteiger partial charge in [-0.3, -0.25) is 4.79 Å². The van der Waals surface area contributed by atoms with Crippen LogP contribution in [0.4, 0.5) is 10.5 Å². The van der Waals surface area contributed by atoms with Crippen LogP contribution in [0.15, 0.2) is 54.6 Å². The van der Waals surface area contributed by atoms with Crippen molar-refractivity contribution in [1.29, 1.82) is 0 Å². The molecule has 0 aromatic heterocycles. The number of amides is 3. The van der Waals surface area contributed by atoms with Crippen molar-refractivity contribution in [1.82, 2.24) is 10.2 Å². The maximum atomic E-state index is 13.1. The monoisotopic (exact) mass is 407 g/mol. The average molecular weight is 408 g/mol. The average Bonchev–Trinajstić information content (AvgIpc) is 2.73. The van der Waals surface area contributed by atoms with Crippen LogP contribution in [-0.2, 0) is 4.79 Å². The Hall–Kier alpha value is -2.82. The summed E-state index contributed by atoms with van der Waals surface area (Å²) in [7, 11) is 0. The second-order valence-electron chi connectivity index (χ2n) is 8.69. The molecular formula is C25H33N3O2. The number of anilines is 1. The lowest BCUT2D eigenvalue weighted by Gasteiger charge is -2.33. The van der Waals surface area contributed by atoms with Crippen molar-refractivity contribution in [3.8, 4) is 0 Å². The first-order valence-corrected chi connectivity index (χ1v) is 10.9. The largest absolute Gasteiger partial charge is 0.349 e. The zero-order valence-electron chi connectivity index (χ0n) is 18.2. The third-order valence-corrected chi connectivity index (χ3v) is 5.57. The topological polar surface area (TPSA) is 61.4 Å². The molecule has 1 heterocycles. The molecule has 2 atom stereocenters. The van der Waals surface area contributed by atoms with Gasteiger partial charge in [0.15, 0.2) is 0 Å². The normalized spacial score (nSPS) is 17.5. The van der Waals surface area contributed by atoms with Gasteiger partial charge in [-0.1, -0.05) is 56.3 Å². The molecule has 0 bridgehead atoms. The highest BCUT2D eigenvalue weighted by molar-refractivity contribution is 5.90. The fraction of sp³-hybridized carbons (Fsp3) is 0.440. The van der Waals surface area contributed by atoms with Crippen molar-refractivity contribution in [3.05, 3.63) is 65.7 Å². The van der Waals surface area contributed by atoms with Crippen LogP contribution >= 0.6 is 0 Å². The minimum Gasteiger partial charge on any atom is -0.349 e. The summed E-state index contributed by atoms with van der Waals surface area (Å²) in [4.78, 5) is 27.5. The number of benzene rings is 2. The summed E-state index contributed by atoms with van der Waals surface area (Å²) in [5.74, 6) is 0.330. The second-order valence-corrected chi connectivity index (χ2v) is 8.69. The van der Waals surface area contributed by atoms with Crippen LogP contribution in [0.5, 0.6) is 0 Å². The van der Waals surface area contributed by atoms with E-state index in [1.54, 1.807) is 4.90 Å². The molecule has 0 radical (unpaired) electrons. The quantitative estimate of drug-likeness (QED) is 0.696. The first-order chi connectivity index (χ1) is 14.4. The molecule has 3 rings (SSSR count). The lowest BCUT2D eigenvalue weighted by Crippen LogP contribution is -2.47. The molecule has 5 heteroatoms. The molecule has 0 aliphatic carbocycles. The van der Waals surface area contributed by atoms with Gasteiger partial charge in [0.05, 0.1) is 12.0 Å². The van der Waals surface area contributed by atoms with Gasteiger partial charge in [0.2, 0.25) is 5.91 Å². The van der Waals surface area contributed by atoms with Crippen LogP contribution in [0.25, 0.3) is 0 Å². The molecule has 30 heavy (non-hydrogen) atoms. The number of carbonyl (C=O) groups is 2. The van der Waals surface area contributed by atoms with E-state index in [2.05, 4.69) is 36.6 Å². The summed E-state index contributed by atoms with van der Waals surface area (Å²) >= 11 is 0. The predicted molar refractivity (Wildman–Crippen MR) is 121 cm³/mol. The maximum Gasteiger partial charge on any atom is 0.321 e. The van der Waals surface area contributed by atoms with Crippen molar-refractivity contribution < 1.29 is 9.59 Å². The van der Waals surface area contributed by atoms with Crippen LogP contribution in [0, 0.1) is 18.8 Å². The lowest BCUT2D eigenvalue weighted by atomic mass is 9.93. The summed E-state index contributed by atoms with van der Waals surface area (Å²) < 4.78 is 0. The highest BCUT2D eigenvalue weighted by Gasteiger charge is 2.30. The summed E-state index contributed by atoms with van der Waals surface area (Å²) in [6.45, 7) is 7.46. The van der Waals surface area contributed by atoms with Crippen molar-refractivity contribution >= 4 is 17.6 Å². The van der Waals surface area contributed by atoms with Gasteiger partial charge in [-0.25, -0.2) is 4.79 Å². The van der Waals surface area contributed by atoms with E-state index in [-0.39, 0.29) is 23.9 Å². The van der Waals surface area contributed by atoms with Gasteiger partial charge in [0.25, 0.3) is 0 Å². The number of carbonyl (C=O) groups excluding carboxylic acids is 2. The Balaban J connectivity index is 1.62. The number of hydrogen-bond donors (Lipinski definition) is 2. The van der Waals surface area contributed by atoms with Gasteiger partial charge < -0.3 is 15.5 Å². The number of piperidine rings is 1. The van der Waals surface area contributed by atoms with E-state index in [4.69, 9.17) is 0 Å². The highest BCUT2D eigenvalue weighted by atomic mass is 16.2. The molecule has 2 aromatic rings. The van der Waals surface area contributed by atoms with E-state index in [1.165, 1.54) is 0 Å². The van der Waals surface area contributed by atoms with Crippen LogP contribution in [0.1, 0.15) is 50.3 Å². The van der Waals surface area contributed by atoms with Crippen molar-refractivity contribution in [2.24, 2.45) is 11.8 Å². The molecule has 3 amide bonds. The molecule has 160 valence electrons. The number of hydrogen-bond acceptors (Lipinski definition) is 2. The van der Waals surface area contributed by atoms with Crippen LogP contribution in [0.3, 0.4) is 0 Å².